The topological polar surface area (TPSA) is 3.24 Å². The van der Waals surface area contributed by atoms with Gasteiger partial charge in [0.1, 0.15) is 0 Å². The molecule has 0 aromatic heterocycles. The Labute approximate surface area is 193 Å². The summed E-state index contributed by atoms with van der Waals surface area (Å²) in [6.07, 6.45) is 0. The fourth-order valence-electron chi connectivity index (χ4n) is 5.45. The van der Waals surface area contributed by atoms with Crippen molar-refractivity contribution in [3.8, 4) is 11.1 Å². The van der Waals surface area contributed by atoms with Crippen LogP contribution in [0.1, 0.15) is 22.3 Å². The van der Waals surface area contributed by atoms with E-state index < -0.39 is 0 Å². The van der Waals surface area contributed by atoms with Crippen molar-refractivity contribution in [2.24, 2.45) is 0 Å². The maximum Gasteiger partial charge on any atom is 0.0540 e. The van der Waals surface area contributed by atoms with Gasteiger partial charge in [-0.15, -0.1) is 0 Å². The van der Waals surface area contributed by atoms with Gasteiger partial charge in [-0.2, -0.15) is 0 Å². The fourth-order valence-corrected chi connectivity index (χ4v) is 5.45. The van der Waals surface area contributed by atoms with E-state index in [1.54, 1.807) is 0 Å². The Balaban J connectivity index is 1.63. The molecule has 154 valence electrons. The van der Waals surface area contributed by atoms with Gasteiger partial charge >= 0.3 is 0 Å². The Morgan fingerprint density at radius 2 is 0.667 bits per heavy atom. The minimum atomic E-state index is 1.17. The smallest absolute Gasteiger partial charge is 0.0540 e. The Kier molecular flexibility index (Phi) is 3.91. The fraction of sp³-hybridized carbons (Fsp3) is 0. The second kappa shape index (κ2) is 7.08. The molecule has 0 spiro atoms. The first kappa shape index (κ1) is 18.2. The average molecular weight is 420 g/mol. The van der Waals surface area contributed by atoms with E-state index in [0.29, 0.717) is 0 Å². The van der Waals surface area contributed by atoms with Gasteiger partial charge in [0.2, 0.25) is 0 Å². The summed E-state index contributed by atoms with van der Waals surface area (Å²) in [5, 5.41) is 0. The number of fused-ring (bicyclic) bond motifs is 5. The summed E-state index contributed by atoms with van der Waals surface area (Å²) in [4.78, 5) is 2.39. The van der Waals surface area contributed by atoms with Crippen LogP contribution in [-0.4, -0.2) is 0 Å². The lowest BCUT2D eigenvalue weighted by atomic mass is 9.83. The van der Waals surface area contributed by atoms with Crippen LogP contribution in [0.15, 0.2) is 127 Å². The maximum atomic E-state index is 2.39. The lowest BCUT2D eigenvalue weighted by molar-refractivity contribution is 1.24. The van der Waals surface area contributed by atoms with Gasteiger partial charge in [-0.05, 0) is 52.1 Å². The summed E-state index contributed by atoms with van der Waals surface area (Å²) in [6.45, 7) is 0. The third-order valence-electron chi connectivity index (χ3n) is 6.78. The lowest BCUT2D eigenvalue weighted by Gasteiger charge is -2.35. The molecule has 0 saturated heterocycles. The van der Waals surface area contributed by atoms with Gasteiger partial charge < -0.3 is 4.90 Å². The Morgan fingerprint density at radius 1 is 0.303 bits per heavy atom. The quantitative estimate of drug-likeness (QED) is 0.258. The van der Waals surface area contributed by atoms with Crippen LogP contribution in [0.2, 0.25) is 0 Å². The highest BCUT2D eigenvalue weighted by Gasteiger charge is 2.33. The van der Waals surface area contributed by atoms with Gasteiger partial charge in [0.05, 0.1) is 11.4 Å². The molecule has 0 unspecified atom stereocenters. The molecule has 0 saturated carbocycles. The van der Waals surface area contributed by atoms with Crippen LogP contribution in [0.3, 0.4) is 0 Å². The minimum Gasteiger partial charge on any atom is -0.309 e. The third-order valence-corrected chi connectivity index (χ3v) is 6.78. The molecule has 1 heteroatoms. The normalized spacial score (nSPS) is 13.3. The second-order valence-electron chi connectivity index (χ2n) is 8.55. The Hall–Kier alpha value is -4.36. The first-order valence-electron chi connectivity index (χ1n) is 11.4. The van der Waals surface area contributed by atoms with Gasteiger partial charge in [0.25, 0.3) is 0 Å². The van der Waals surface area contributed by atoms with Crippen molar-refractivity contribution in [3.05, 3.63) is 150 Å². The molecule has 1 aliphatic heterocycles. The molecule has 0 radical (unpaired) electrons. The van der Waals surface area contributed by atoms with Gasteiger partial charge in [-0.3, -0.25) is 0 Å². The highest BCUT2D eigenvalue weighted by Crippen LogP contribution is 2.55. The number of rotatable bonds is 1. The predicted molar refractivity (Wildman–Crippen MR) is 138 cm³/mol. The lowest BCUT2D eigenvalue weighted by Crippen LogP contribution is -2.18. The van der Waals surface area contributed by atoms with Gasteiger partial charge in [0, 0.05) is 22.4 Å². The van der Waals surface area contributed by atoms with Crippen LogP contribution in [-0.2, 0) is 0 Å². The number of anilines is 3. The number of nitrogens with zero attached hydrogens (tertiary/aromatic N) is 1. The van der Waals surface area contributed by atoms with E-state index in [2.05, 4.69) is 132 Å². The Morgan fingerprint density at radius 3 is 1.18 bits per heavy atom. The summed E-state index contributed by atoms with van der Waals surface area (Å²) < 4.78 is 0. The van der Waals surface area contributed by atoms with Crippen molar-refractivity contribution < 1.29 is 0 Å². The van der Waals surface area contributed by atoms with Gasteiger partial charge in [0.15, 0.2) is 0 Å². The SMILES string of the molecule is c1ccc(N2c3ccccc3C(=C3c4ccccc4-c4ccccc43)c3ccccc32)cc1. The van der Waals surface area contributed by atoms with Crippen molar-refractivity contribution >= 4 is 28.2 Å². The molecule has 33 heavy (non-hydrogen) atoms. The molecule has 2 aliphatic rings. The number of benzene rings is 5. The Bertz CT molecular complexity index is 1460. The van der Waals surface area contributed by atoms with Crippen molar-refractivity contribution in [2.45, 2.75) is 0 Å². The number of para-hydroxylation sites is 3. The largest absolute Gasteiger partial charge is 0.309 e. The minimum absolute atomic E-state index is 1.17. The molecular formula is C32H21N. The number of hydrogen-bond donors (Lipinski definition) is 0. The molecular weight excluding hydrogens is 398 g/mol. The summed E-state index contributed by atoms with van der Waals surface area (Å²) in [6, 6.07) is 45.9. The van der Waals surface area contributed by atoms with Crippen LogP contribution in [0.4, 0.5) is 17.1 Å². The van der Waals surface area contributed by atoms with E-state index in [0.717, 1.165) is 0 Å². The van der Waals surface area contributed by atoms with E-state index in [9.17, 15) is 0 Å². The van der Waals surface area contributed by atoms with Gasteiger partial charge in [-0.1, -0.05) is 103 Å². The molecule has 1 aliphatic carbocycles. The summed E-state index contributed by atoms with van der Waals surface area (Å²) >= 11 is 0. The molecule has 7 rings (SSSR count). The summed E-state index contributed by atoms with van der Waals surface area (Å²) in [7, 11) is 0. The zero-order valence-corrected chi connectivity index (χ0v) is 18.1. The van der Waals surface area contributed by atoms with E-state index in [1.165, 1.54) is 61.6 Å². The molecule has 5 aromatic carbocycles. The third kappa shape index (κ3) is 2.60. The van der Waals surface area contributed by atoms with Crippen molar-refractivity contribution in [2.75, 3.05) is 4.90 Å². The molecule has 1 heterocycles. The van der Waals surface area contributed by atoms with E-state index in [1.807, 2.05) is 0 Å². The molecule has 0 atom stereocenters. The van der Waals surface area contributed by atoms with E-state index in [-0.39, 0.29) is 0 Å². The van der Waals surface area contributed by atoms with E-state index in [4.69, 9.17) is 0 Å². The zero-order chi connectivity index (χ0) is 21.8. The average Bonchev–Trinajstić information content (AvgIpc) is 3.22. The number of hydrogen-bond acceptors (Lipinski definition) is 1. The summed E-state index contributed by atoms with van der Waals surface area (Å²) in [5.74, 6) is 0. The molecule has 0 amide bonds. The van der Waals surface area contributed by atoms with Crippen molar-refractivity contribution in [3.63, 3.8) is 0 Å². The monoisotopic (exact) mass is 419 g/mol. The molecule has 0 bridgehead atoms. The first-order chi connectivity index (χ1) is 16.4. The van der Waals surface area contributed by atoms with Crippen LogP contribution in [0, 0.1) is 0 Å². The molecule has 1 nitrogen and oxygen atoms in total. The summed E-state index contributed by atoms with van der Waals surface area (Å²) in [5.41, 5.74) is 14.0. The van der Waals surface area contributed by atoms with Crippen LogP contribution in [0.5, 0.6) is 0 Å². The van der Waals surface area contributed by atoms with Crippen LogP contribution in [0.25, 0.3) is 22.3 Å². The van der Waals surface area contributed by atoms with Crippen molar-refractivity contribution in [1.29, 1.82) is 0 Å². The van der Waals surface area contributed by atoms with Crippen LogP contribution >= 0.6 is 0 Å². The second-order valence-corrected chi connectivity index (χ2v) is 8.55. The standard InChI is InChI=1S/C32H21N/c1-2-12-22(13-3-1)33-29-20-10-8-18-27(29)32(28-19-9-11-21-30(28)33)31-25-16-6-4-14-23(25)24-15-5-7-17-26(24)31/h1-21H. The molecule has 5 aromatic rings. The maximum absolute atomic E-state index is 2.39. The predicted octanol–water partition coefficient (Wildman–Crippen LogP) is 8.46. The van der Waals surface area contributed by atoms with Crippen molar-refractivity contribution in [1.82, 2.24) is 0 Å². The zero-order valence-electron chi connectivity index (χ0n) is 18.1. The van der Waals surface area contributed by atoms with Gasteiger partial charge in [-0.25, -0.2) is 0 Å². The highest BCUT2D eigenvalue weighted by atomic mass is 15.2. The molecule has 0 N–H and O–H groups in total. The highest BCUT2D eigenvalue weighted by molar-refractivity contribution is 6.18. The van der Waals surface area contributed by atoms with E-state index >= 15 is 0 Å². The first-order valence-corrected chi connectivity index (χ1v) is 11.4. The van der Waals surface area contributed by atoms with Crippen LogP contribution < -0.4 is 4.90 Å². The molecule has 0 fully saturated rings.